The largest absolute Gasteiger partial charge is 0.480 e. The van der Waals surface area contributed by atoms with Crippen LogP contribution < -0.4 is 11.1 Å². The fourth-order valence-corrected chi connectivity index (χ4v) is 3.97. The van der Waals surface area contributed by atoms with Crippen molar-refractivity contribution in [3.8, 4) is 0 Å². The zero-order valence-electron chi connectivity index (χ0n) is 16.3. The Morgan fingerprint density at radius 1 is 1.07 bits per heavy atom. The minimum Gasteiger partial charge on any atom is -0.480 e. The SMILES string of the molecule is CC(C)C(N)C(=O)N1CCCC1C(=O)NC(CS)C(=O)N1CCCC1C(=O)O. The van der Waals surface area contributed by atoms with Crippen molar-refractivity contribution < 1.29 is 24.3 Å². The molecule has 0 aromatic heterocycles. The van der Waals surface area contributed by atoms with Crippen LogP contribution in [0.1, 0.15) is 39.5 Å². The van der Waals surface area contributed by atoms with Gasteiger partial charge in [-0.3, -0.25) is 14.4 Å². The molecule has 0 aliphatic carbocycles. The summed E-state index contributed by atoms with van der Waals surface area (Å²) in [7, 11) is 0. The first-order chi connectivity index (χ1) is 13.2. The molecule has 28 heavy (non-hydrogen) atoms. The highest BCUT2D eigenvalue weighted by Gasteiger charge is 2.40. The van der Waals surface area contributed by atoms with Gasteiger partial charge in [-0.15, -0.1) is 0 Å². The molecule has 2 heterocycles. The third kappa shape index (κ3) is 4.78. The van der Waals surface area contributed by atoms with Crippen LogP contribution in [0.15, 0.2) is 0 Å². The number of carbonyl (C=O) groups is 4. The van der Waals surface area contributed by atoms with E-state index in [4.69, 9.17) is 5.73 Å². The summed E-state index contributed by atoms with van der Waals surface area (Å²) in [6, 6.07) is -3.18. The van der Waals surface area contributed by atoms with Crippen LogP contribution in [0.3, 0.4) is 0 Å². The molecule has 2 fully saturated rings. The maximum absolute atomic E-state index is 12.8. The number of hydrogen-bond donors (Lipinski definition) is 4. The number of carboxylic acid groups (broad SMARTS) is 1. The van der Waals surface area contributed by atoms with E-state index in [0.717, 1.165) is 0 Å². The maximum atomic E-state index is 12.8. The molecule has 2 aliphatic rings. The van der Waals surface area contributed by atoms with Crippen LogP contribution in [0.2, 0.25) is 0 Å². The van der Waals surface area contributed by atoms with Crippen LogP contribution >= 0.6 is 12.6 Å². The summed E-state index contributed by atoms with van der Waals surface area (Å²) in [6.45, 7) is 4.48. The molecule has 9 nitrogen and oxygen atoms in total. The average Bonchev–Trinajstić information content (AvgIpc) is 3.33. The molecule has 2 aliphatic heterocycles. The minimum absolute atomic E-state index is 0.0413. The second-order valence-corrected chi connectivity index (χ2v) is 8.10. The minimum atomic E-state index is -1.05. The summed E-state index contributed by atoms with van der Waals surface area (Å²) in [5.74, 6) is -2.22. The van der Waals surface area contributed by atoms with Gasteiger partial charge in [-0.2, -0.15) is 12.6 Å². The summed E-state index contributed by atoms with van der Waals surface area (Å²) in [6.07, 6.45) is 2.18. The quantitative estimate of drug-likeness (QED) is 0.413. The first-order valence-electron chi connectivity index (χ1n) is 9.69. The molecule has 0 radical (unpaired) electrons. The lowest BCUT2D eigenvalue weighted by Crippen LogP contribution is -2.57. The molecule has 10 heteroatoms. The Balaban J connectivity index is 2.05. The van der Waals surface area contributed by atoms with Gasteiger partial charge in [0.1, 0.15) is 18.1 Å². The van der Waals surface area contributed by atoms with Gasteiger partial charge in [-0.25, -0.2) is 4.79 Å². The molecule has 3 amide bonds. The smallest absolute Gasteiger partial charge is 0.326 e. The molecule has 2 rings (SSSR count). The monoisotopic (exact) mass is 414 g/mol. The Morgan fingerprint density at radius 2 is 1.61 bits per heavy atom. The molecule has 2 saturated heterocycles. The van der Waals surface area contributed by atoms with Gasteiger partial charge in [0.15, 0.2) is 0 Å². The summed E-state index contributed by atoms with van der Waals surface area (Å²) in [4.78, 5) is 52.2. The van der Waals surface area contributed by atoms with Crippen molar-refractivity contribution in [1.82, 2.24) is 15.1 Å². The zero-order valence-corrected chi connectivity index (χ0v) is 17.2. The van der Waals surface area contributed by atoms with E-state index in [0.29, 0.717) is 38.8 Å². The fraction of sp³-hybridized carbons (Fsp3) is 0.778. The Morgan fingerprint density at radius 3 is 2.11 bits per heavy atom. The molecule has 0 saturated carbocycles. The van der Waals surface area contributed by atoms with Gasteiger partial charge in [-0.1, -0.05) is 13.8 Å². The second-order valence-electron chi connectivity index (χ2n) is 7.73. The van der Waals surface area contributed by atoms with Crippen molar-refractivity contribution in [3.05, 3.63) is 0 Å². The van der Waals surface area contributed by atoms with E-state index in [1.54, 1.807) is 0 Å². The standard InChI is InChI=1S/C18H30N4O5S/c1-10(2)14(19)17(25)21-7-3-5-12(21)15(23)20-11(9-28)16(24)22-8-4-6-13(22)18(26)27/h10-14,28H,3-9,19H2,1-2H3,(H,20,23)(H,26,27). The van der Waals surface area contributed by atoms with E-state index in [-0.39, 0.29) is 17.6 Å². The van der Waals surface area contributed by atoms with Crippen LogP contribution in [0.4, 0.5) is 0 Å². The number of aliphatic carboxylic acids is 1. The Kier molecular flexibility index (Phi) is 7.70. The Labute approximate surface area is 170 Å². The van der Waals surface area contributed by atoms with Gasteiger partial charge >= 0.3 is 5.97 Å². The van der Waals surface area contributed by atoms with Crippen molar-refractivity contribution in [2.45, 2.75) is 63.7 Å². The summed E-state index contributed by atoms with van der Waals surface area (Å²) in [5.41, 5.74) is 5.95. The van der Waals surface area contributed by atoms with E-state index in [9.17, 15) is 24.3 Å². The van der Waals surface area contributed by atoms with Crippen molar-refractivity contribution in [2.75, 3.05) is 18.8 Å². The first kappa shape index (κ1) is 22.5. The topological polar surface area (TPSA) is 133 Å². The molecular formula is C18H30N4O5S. The number of carboxylic acids is 1. The second kappa shape index (κ2) is 9.60. The van der Waals surface area contributed by atoms with E-state index < -0.39 is 42.0 Å². The third-order valence-corrected chi connectivity index (χ3v) is 5.83. The van der Waals surface area contributed by atoms with Crippen molar-refractivity contribution in [2.24, 2.45) is 11.7 Å². The summed E-state index contributed by atoms with van der Waals surface area (Å²) < 4.78 is 0. The summed E-state index contributed by atoms with van der Waals surface area (Å²) >= 11 is 4.16. The highest BCUT2D eigenvalue weighted by molar-refractivity contribution is 7.80. The van der Waals surface area contributed by atoms with Crippen molar-refractivity contribution in [1.29, 1.82) is 0 Å². The third-order valence-electron chi connectivity index (χ3n) is 5.46. The van der Waals surface area contributed by atoms with E-state index in [2.05, 4.69) is 17.9 Å². The molecule has 158 valence electrons. The molecule has 4 unspecified atom stereocenters. The number of carbonyl (C=O) groups excluding carboxylic acids is 3. The molecule has 4 N–H and O–H groups in total. The highest BCUT2D eigenvalue weighted by Crippen LogP contribution is 2.21. The highest BCUT2D eigenvalue weighted by atomic mass is 32.1. The molecule has 0 spiro atoms. The van der Waals surface area contributed by atoms with Crippen LogP contribution in [-0.4, -0.2) is 81.6 Å². The predicted octanol–water partition coefficient (Wildman–Crippen LogP) is -0.549. The number of nitrogens with two attached hydrogens (primary N) is 1. The normalized spacial score (nSPS) is 24.3. The summed E-state index contributed by atoms with van der Waals surface area (Å²) in [5, 5.41) is 11.9. The number of amides is 3. The number of hydrogen-bond acceptors (Lipinski definition) is 6. The number of likely N-dealkylation sites (tertiary alicyclic amines) is 2. The molecule has 0 aromatic carbocycles. The Hall–Kier alpha value is -1.81. The van der Waals surface area contributed by atoms with Gasteiger partial charge in [-0.05, 0) is 31.6 Å². The predicted molar refractivity (Wildman–Crippen MR) is 106 cm³/mol. The molecule has 4 atom stereocenters. The van der Waals surface area contributed by atoms with Crippen LogP contribution in [0.25, 0.3) is 0 Å². The van der Waals surface area contributed by atoms with Crippen LogP contribution in [0, 0.1) is 5.92 Å². The maximum Gasteiger partial charge on any atom is 0.326 e. The number of nitrogens with zero attached hydrogens (tertiary/aromatic N) is 2. The van der Waals surface area contributed by atoms with E-state index in [1.165, 1.54) is 9.80 Å². The number of nitrogens with one attached hydrogen (secondary N) is 1. The molecule has 0 bridgehead atoms. The van der Waals surface area contributed by atoms with Crippen LogP contribution in [-0.2, 0) is 19.2 Å². The van der Waals surface area contributed by atoms with Gasteiger partial charge < -0.3 is 26.0 Å². The fourth-order valence-electron chi connectivity index (χ4n) is 3.72. The Bertz CT molecular complexity index is 629. The van der Waals surface area contributed by atoms with Crippen molar-refractivity contribution >= 4 is 36.3 Å². The average molecular weight is 415 g/mol. The van der Waals surface area contributed by atoms with Crippen LogP contribution in [0.5, 0.6) is 0 Å². The number of thiol groups is 1. The zero-order chi connectivity index (χ0) is 21.0. The lowest BCUT2D eigenvalue weighted by atomic mass is 10.0. The van der Waals surface area contributed by atoms with Crippen molar-refractivity contribution in [3.63, 3.8) is 0 Å². The van der Waals surface area contributed by atoms with Gasteiger partial charge in [0.05, 0.1) is 6.04 Å². The lowest BCUT2D eigenvalue weighted by Gasteiger charge is -2.30. The molecular weight excluding hydrogens is 384 g/mol. The number of rotatable bonds is 7. The first-order valence-corrected chi connectivity index (χ1v) is 10.3. The molecule has 0 aromatic rings. The lowest BCUT2D eigenvalue weighted by molar-refractivity contribution is -0.149. The van der Waals surface area contributed by atoms with Gasteiger partial charge in [0, 0.05) is 18.8 Å². The van der Waals surface area contributed by atoms with E-state index >= 15 is 0 Å². The van der Waals surface area contributed by atoms with E-state index in [1.807, 2.05) is 13.8 Å². The van der Waals surface area contributed by atoms with Gasteiger partial charge in [0.2, 0.25) is 17.7 Å². The van der Waals surface area contributed by atoms with Gasteiger partial charge in [0.25, 0.3) is 0 Å².